The van der Waals surface area contributed by atoms with Crippen molar-refractivity contribution < 1.29 is 4.79 Å². The highest BCUT2D eigenvalue weighted by atomic mass is 16.1. The van der Waals surface area contributed by atoms with Gasteiger partial charge in [-0.15, -0.1) is 0 Å². The first-order chi connectivity index (χ1) is 13.6. The number of anilines is 2. The minimum Gasteiger partial charge on any atom is -0.351 e. The highest BCUT2D eigenvalue weighted by Gasteiger charge is 2.14. The summed E-state index contributed by atoms with van der Waals surface area (Å²) in [5, 5.41) is 7.03. The van der Waals surface area contributed by atoms with Crippen molar-refractivity contribution in [3.05, 3.63) is 47.4 Å². The lowest BCUT2D eigenvalue weighted by molar-refractivity contribution is 0.0948. The Kier molecular flexibility index (Phi) is 5.03. The third-order valence-corrected chi connectivity index (χ3v) is 4.64. The molecule has 0 spiro atoms. The summed E-state index contributed by atoms with van der Waals surface area (Å²) >= 11 is 0. The fourth-order valence-electron chi connectivity index (χ4n) is 3.17. The number of carbonyl (C=O) groups is 1. The summed E-state index contributed by atoms with van der Waals surface area (Å²) in [4.78, 5) is 30.5. The van der Waals surface area contributed by atoms with Crippen molar-refractivity contribution in [1.82, 2.24) is 25.2 Å². The van der Waals surface area contributed by atoms with Crippen LogP contribution in [0.3, 0.4) is 0 Å². The summed E-state index contributed by atoms with van der Waals surface area (Å²) in [6.45, 7) is 2.29. The molecule has 3 heterocycles. The quantitative estimate of drug-likeness (QED) is 0.549. The van der Waals surface area contributed by atoms with Crippen LogP contribution in [0.25, 0.3) is 11.0 Å². The summed E-state index contributed by atoms with van der Waals surface area (Å²) < 4.78 is 0. The Morgan fingerprint density at radius 3 is 3.00 bits per heavy atom. The molecule has 4 rings (SSSR count). The van der Waals surface area contributed by atoms with Crippen LogP contribution in [0.2, 0.25) is 0 Å². The van der Waals surface area contributed by atoms with Gasteiger partial charge >= 0.3 is 0 Å². The van der Waals surface area contributed by atoms with Crippen molar-refractivity contribution >= 4 is 34.7 Å². The number of rotatable bonds is 7. The molecule has 0 fully saturated rings. The summed E-state index contributed by atoms with van der Waals surface area (Å²) in [5.41, 5.74) is 4.35. The molecule has 0 atom stereocenters. The second-order valence-corrected chi connectivity index (χ2v) is 7.09. The summed E-state index contributed by atoms with van der Waals surface area (Å²) in [6.07, 6.45) is 4.26. The maximum atomic E-state index is 12.4. The largest absolute Gasteiger partial charge is 0.351 e. The molecule has 3 aromatic rings. The molecule has 144 valence electrons. The fraction of sp³-hybridized carbons (Fsp3) is 0.300. The molecule has 0 radical (unpaired) electrons. The van der Waals surface area contributed by atoms with Gasteiger partial charge in [0.1, 0.15) is 23.5 Å². The first-order valence-corrected chi connectivity index (χ1v) is 9.26. The van der Waals surface area contributed by atoms with Gasteiger partial charge in [0, 0.05) is 18.4 Å². The normalized spacial score (nSPS) is 12.5. The van der Waals surface area contributed by atoms with Crippen LogP contribution in [0.15, 0.2) is 35.6 Å². The SMILES string of the molecule is CN(C)CCCNC(=O)c1cc2c(Nc3ccc4c(c3)C=NC4)ncnc2[nH]1. The van der Waals surface area contributed by atoms with Gasteiger partial charge < -0.3 is 20.5 Å². The Morgan fingerprint density at radius 1 is 1.25 bits per heavy atom. The van der Waals surface area contributed by atoms with E-state index in [0.717, 1.165) is 36.1 Å². The Hall–Kier alpha value is -3.26. The van der Waals surface area contributed by atoms with Gasteiger partial charge in [-0.2, -0.15) is 0 Å². The molecule has 28 heavy (non-hydrogen) atoms. The number of aliphatic imine (C=N–C) groups is 1. The average Bonchev–Trinajstić information content (AvgIpc) is 3.31. The van der Waals surface area contributed by atoms with Crippen LogP contribution in [-0.4, -0.2) is 59.2 Å². The van der Waals surface area contributed by atoms with Crippen LogP contribution in [0.5, 0.6) is 0 Å². The van der Waals surface area contributed by atoms with Gasteiger partial charge in [-0.1, -0.05) is 6.07 Å². The van der Waals surface area contributed by atoms with Gasteiger partial charge in [0.15, 0.2) is 0 Å². The van der Waals surface area contributed by atoms with E-state index in [0.29, 0.717) is 23.7 Å². The number of nitrogens with one attached hydrogen (secondary N) is 3. The number of hydrogen-bond acceptors (Lipinski definition) is 6. The zero-order chi connectivity index (χ0) is 19.5. The molecule has 1 aliphatic rings. The van der Waals surface area contributed by atoms with Crippen LogP contribution in [-0.2, 0) is 6.54 Å². The molecular weight excluding hydrogens is 354 g/mol. The fourth-order valence-corrected chi connectivity index (χ4v) is 3.17. The van der Waals surface area contributed by atoms with Gasteiger partial charge in [-0.05, 0) is 56.4 Å². The number of aromatic nitrogens is 3. The van der Waals surface area contributed by atoms with Gasteiger partial charge in [0.05, 0.1) is 11.9 Å². The van der Waals surface area contributed by atoms with Crippen LogP contribution in [0, 0.1) is 0 Å². The number of amides is 1. The first kappa shape index (κ1) is 18.1. The molecular formula is C20H23N7O. The van der Waals surface area contributed by atoms with Crippen molar-refractivity contribution in [3.63, 3.8) is 0 Å². The summed E-state index contributed by atoms with van der Waals surface area (Å²) in [5.74, 6) is 0.513. The molecule has 0 saturated heterocycles. The van der Waals surface area contributed by atoms with E-state index in [-0.39, 0.29) is 5.91 Å². The average molecular weight is 377 g/mol. The maximum absolute atomic E-state index is 12.4. The minimum absolute atomic E-state index is 0.142. The predicted molar refractivity (Wildman–Crippen MR) is 110 cm³/mol. The van der Waals surface area contributed by atoms with E-state index in [2.05, 4.69) is 41.5 Å². The number of aromatic amines is 1. The van der Waals surface area contributed by atoms with E-state index in [1.165, 1.54) is 11.9 Å². The lowest BCUT2D eigenvalue weighted by atomic mass is 10.1. The van der Waals surface area contributed by atoms with E-state index < -0.39 is 0 Å². The topological polar surface area (TPSA) is 98.3 Å². The number of hydrogen-bond donors (Lipinski definition) is 3. The molecule has 3 N–H and O–H groups in total. The Balaban J connectivity index is 1.51. The smallest absolute Gasteiger partial charge is 0.267 e. The van der Waals surface area contributed by atoms with Crippen molar-refractivity contribution in [3.8, 4) is 0 Å². The number of fused-ring (bicyclic) bond motifs is 2. The minimum atomic E-state index is -0.142. The lowest BCUT2D eigenvalue weighted by Crippen LogP contribution is -2.27. The molecule has 1 aromatic carbocycles. The summed E-state index contributed by atoms with van der Waals surface area (Å²) in [7, 11) is 4.03. The third kappa shape index (κ3) is 3.86. The molecule has 2 aromatic heterocycles. The second kappa shape index (κ2) is 7.77. The molecule has 0 saturated carbocycles. The van der Waals surface area contributed by atoms with E-state index in [1.54, 1.807) is 6.07 Å². The number of carbonyl (C=O) groups excluding carboxylic acids is 1. The van der Waals surface area contributed by atoms with Gasteiger partial charge in [0.2, 0.25) is 0 Å². The monoisotopic (exact) mass is 377 g/mol. The second-order valence-electron chi connectivity index (χ2n) is 7.09. The van der Waals surface area contributed by atoms with Crippen LogP contribution >= 0.6 is 0 Å². The van der Waals surface area contributed by atoms with Crippen LogP contribution in [0.4, 0.5) is 11.5 Å². The molecule has 0 bridgehead atoms. The molecule has 8 heteroatoms. The maximum Gasteiger partial charge on any atom is 0.267 e. The highest BCUT2D eigenvalue weighted by molar-refractivity contribution is 6.00. The van der Waals surface area contributed by atoms with E-state index in [9.17, 15) is 4.79 Å². The Bertz CT molecular complexity index is 1040. The Labute approximate surface area is 163 Å². The third-order valence-electron chi connectivity index (χ3n) is 4.64. The molecule has 1 aliphatic heterocycles. The van der Waals surface area contributed by atoms with E-state index >= 15 is 0 Å². The van der Waals surface area contributed by atoms with Gasteiger partial charge in [-0.3, -0.25) is 9.79 Å². The lowest BCUT2D eigenvalue weighted by Gasteiger charge is -2.09. The highest BCUT2D eigenvalue weighted by Crippen LogP contribution is 2.26. The van der Waals surface area contributed by atoms with E-state index in [4.69, 9.17) is 0 Å². The predicted octanol–water partition coefficient (Wildman–Crippen LogP) is 2.32. The molecule has 1 amide bonds. The Morgan fingerprint density at radius 2 is 2.14 bits per heavy atom. The van der Waals surface area contributed by atoms with Crippen molar-refractivity contribution in [1.29, 1.82) is 0 Å². The first-order valence-electron chi connectivity index (χ1n) is 9.26. The number of H-pyrrole nitrogens is 1. The van der Waals surface area contributed by atoms with Gasteiger partial charge in [-0.25, -0.2) is 9.97 Å². The standard InChI is InChI=1S/C20H23N7O/c1-27(2)7-3-6-22-20(28)17-9-16-18(23-12-24-19(16)26-17)25-15-5-4-13-10-21-11-14(13)8-15/h4-5,8-9,11-12H,3,6-7,10H2,1-2H3,(H,22,28)(H2,23,24,25,26). The van der Waals surface area contributed by atoms with Crippen LogP contribution < -0.4 is 10.6 Å². The van der Waals surface area contributed by atoms with Crippen molar-refractivity contribution in [2.45, 2.75) is 13.0 Å². The molecule has 0 unspecified atom stereocenters. The van der Waals surface area contributed by atoms with E-state index in [1.807, 2.05) is 32.4 Å². The van der Waals surface area contributed by atoms with Crippen LogP contribution in [0.1, 0.15) is 28.0 Å². The zero-order valence-corrected chi connectivity index (χ0v) is 16.0. The molecule has 0 aliphatic carbocycles. The summed E-state index contributed by atoms with van der Waals surface area (Å²) in [6, 6.07) is 7.90. The van der Waals surface area contributed by atoms with Crippen molar-refractivity contribution in [2.24, 2.45) is 4.99 Å². The number of nitrogens with zero attached hydrogens (tertiary/aromatic N) is 4. The zero-order valence-electron chi connectivity index (χ0n) is 16.0. The molecule has 8 nitrogen and oxygen atoms in total. The van der Waals surface area contributed by atoms with Crippen molar-refractivity contribution in [2.75, 3.05) is 32.5 Å². The van der Waals surface area contributed by atoms with Gasteiger partial charge in [0.25, 0.3) is 5.91 Å². The number of benzene rings is 1.